The zero-order chi connectivity index (χ0) is 30.2. The van der Waals surface area contributed by atoms with Crippen LogP contribution < -0.4 is 4.90 Å². The summed E-state index contributed by atoms with van der Waals surface area (Å²) >= 11 is 0. The molecule has 2 fully saturated rings. The van der Waals surface area contributed by atoms with Crippen molar-refractivity contribution in [1.82, 2.24) is 9.13 Å². The van der Waals surface area contributed by atoms with Crippen LogP contribution in [0.5, 0.6) is 0 Å². The van der Waals surface area contributed by atoms with Crippen LogP contribution in [0.1, 0.15) is 13.8 Å². The van der Waals surface area contributed by atoms with Crippen molar-refractivity contribution < 1.29 is 9.47 Å². The highest BCUT2D eigenvalue weighted by Crippen LogP contribution is 2.43. The Morgan fingerprint density at radius 3 is 1.36 bits per heavy atom. The standard InChI is InChI=1S/C40H37N3O2/c1-39(24-44-25-39)22-41-35-14-8-6-12-31(35)33-20-29(16-18-37(33)41)43(28-10-4-3-5-11-28)30-17-19-38-34(21-30)32-13-7-9-15-36(32)42(38)23-40(2)26-45-27-40/h3-21H,22-27H2,1-2H3. The molecule has 5 nitrogen and oxygen atoms in total. The lowest BCUT2D eigenvalue weighted by Crippen LogP contribution is -2.43. The molecule has 4 heterocycles. The Bertz CT molecular complexity index is 2080. The summed E-state index contributed by atoms with van der Waals surface area (Å²) in [5, 5.41) is 5.14. The second-order valence-corrected chi connectivity index (χ2v) is 13.9. The van der Waals surface area contributed by atoms with Crippen LogP contribution in [0.2, 0.25) is 0 Å². The van der Waals surface area contributed by atoms with E-state index in [2.05, 4.69) is 143 Å². The number of para-hydroxylation sites is 3. The number of rotatable bonds is 7. The van der Waals surface area contributed by atoms with E-state index in [1.54, 1.807) is 0 Å². The molecular formula is C40H37N3O2. The third-order valence-electron chi connectivity index (χ3n) is 9.92. The molecule has 224 valence electrons. The van der Waals surface area contributed by atoms with Crippen molar-refractivity contribution >= 4 is 60.7 Å². The predicted octanol–water partition coefficient (Wildman–Crippen LogP) is 9.45. The number of anilines is 3. The van der Waals surface area contributed by atoms with Gasteiger partial charge in [0.15, 0.2) is 0 Å². The molecule has 0 atom stereocenters. The summed E-state index contributed by atoms with van der Waals surface area (Å²) in [5.41, 5.74) is 8.88. The number of benzene rings is 5. The summed E-state index contributed by atoms with van der Waals surface area (Å²) in [7, 11) is 0. The summed E-state index contributed by atoms with van der Waals surface area (Å²) in [6, 6.07) is 42.4. The van der Waals surface area contributed by atoms with Crippen LogP contribution in [0.25, 0.3) is 43.6 Å². The summed E-state index contributed by atoms with van der Waals surface area (Å²) in [4.78, 5) is 2.40. The van der Waals surface area contributed by atoms with Crippen molar-refractivity contribution in [3.63, 3.8) is 0 Å². The van der Waals surface area contributed by atoms with Crippen molar-refractivity contribution in [2.75, 3.05) is 31.3 Å². The normalized spacial score (nSPS) is 17.1. The Morgan fingerprint density at radius 2 is 0.911 bits per heavy atom. The van der Waals surface area contributed by atoms with Crippen molar-refractivity contribution in [2.45, 2.75) is 26.9 Å². The molecule has 0 radical (unpaired) electrons. The maximum atomic E-state index is 5.62. The Balaban J connectivity index is 1.22. The topological polar surface area (TPSA) is 31.6 Å². The van der Waals surface area contributed by atoms with Gasteiger partial charge >= 0.3 is 0 Å². The van der Waals surface area contributed by atoms with Crippen LogP contribution in [0.15, 0.2) is 115 Å². The van der Waals surface area contributed by atoms with Crippen LogP contribution >= 0.6 is 0 Å². The lowest BCUT2D eigenvalue weighted by molar-refractivity contribution is -0.109. The molecule has 9 rings (SSSR count). The fourth-order valence-corrected chi connectivity index (χ4v) is 7.57. The van der Waals surface area contributed by atoms with Crippen LogP contribution in [-0.2, 0) is 22.6 Å². The van der Waals surface area contributed by atoms with E-state index in [0.29, 0.717) is 0 Å². The highest BCUT2D eigenvalue weighted by atomic mass is 16.5. The van der Waals surface area contributed by atoms with Gasteiger partial charge in [-0.05, 0) is 60.7 Å². The highest BCUT2D eigenvalue weighted by molar-refractivity contribution is 6.11. The van der Waals surface area contributed by atoms with Crippen LogP contribution in [0.3, 0.4) is 0 Å². The average Bonchev–Trinajstić information content (AvgIpc) is 3.52. The first-order chi connectivity index (χ1) is 22.0. The predicted molar refractivity (Wildman–Crippen MR) is 185 cm³/mol. The van der Waals surface area contributed by atoms with Crippen LogP contribution in [-0.4, -0.2) is 35.6 Å². The Morgan fingerprint density at radius 1 is 0.489 bits per heavy atom. The molecule has 7 aromatic rings. The molecule has 2 aliphatic heterocycles. The molecule has 2 aliphatic rings. The van der Waals surface area contributed by atoms with Crippen molar-refractivity contribution in [2.24, 2.45) is 10.8 Å². The highest BCUT2D eigenvalue weighted by Gasteiger charge is 2.35. The van der Waals surface area contributed by atoms with Gasteiger partial charge in [0, 0.05) is 84.6 Å². The maximum absolute atomic E-state index is 5.62. The van der Waals surface area contributed by atoms with Gasteiger partial charge in [0.05, 0.1) is 26.4 Å². The minimum atomic E-state index is 0.168. The van der Waals surface area contributed by atoms with E-state index in [1.165, 1.54) is 43.6 Å². The monoisotopic (exact) mass is 591 g/mol. The number of aromatic nitrogens is 2. The number of ether oxygens (including phenoxy) is 2. The third kappa shape index (κ3) is 4.29. The molecule has 5 heteroatoms. The van der Waals surface area contributed by atoms with Gasteiger partial charge in [-0.2, -0.15) is 0 Å². The number of hydrogen-bond acceptors (Lipinski definition) is 3. The van der Waals surface area contributed by atoms with E-state index < -0.39 is 0 Å². The van der Waals surface area contributed by atoms with E-state index in [9.17, 15) is 0 Å². The second-order valence-electron chi connectivity index (χ2n) is 13.9. The second kappa shape index (κ2) is 9.96. The number of hydrogen-bond donors (Lipinski definition) is 0. The van der Waals surface area contributed by atoms with E-state index in [1.807, 2.05) is 0 Å². The fourth-order valence-electron chi connectivity index (χ4n) is 7.57. The van der Waals surface area contributed by atoms with Gasteiger partial charge < -0.3 is 23.5 Å². The van der Waals surface area contributed by atoms with E-state index in [4.69, 9.17) is 9.47 Å². The molecule has 0 spiro atoms. The molecule has 0 N–H and O–H groups in total. The van der Waals surface area contributed by atoms with Gasteiger partial charge in [0.1, 0.15) is 0 Å². The molecule has 5 aromatic carbocycles. The van der Waals surface area contributed by atoms with Gasteiger partial charge in [-0.1, -0.05) is 68.4 Å². The maximum Gasteiger partial charge on any atom is 0.0559 e. The third-order valence-corrected chi connectivity index (χ3v) is 9.92. The quantitative estimate of drug-likeness (QED) is 0.185. The molecule has 0 unspecified atom stereocenters. The minimum absolute atomic E-state index is 0.168. The minimum Gasteiger partial charge on any atom is -0.380 e. The molecular weight excluding hydrogens is 554 g/mol. The molecule has 0 bridgehead atoms. The van der Waals surface area contributed by atoms with Gasteiger partial charge in [-0.15, -0.1) is 0 Å². The first-order valence-corrected chi connectivity index (χ1v) is 16.0. The van der Waals surface area contributed by atoms with Gasteiger partial charge in [-0.3, -0.25) is 0 Å². The molecule has 45 heavy (non-hydrogen) atoms. The fraction of sp³-hybridized carbons (Fsp3) is 0.250. The smallest absolute Gasteiger partial charge is 0.0559 e. The van der Waals surface area contributed by atoms with E-state index in [-0.39, 0.29) is 10.8 Å². The lowest BCUT2D eigenvalue weighted by atomic mass is 9.88. The molecule has 2 aromatic heterocycles. The van der Waals surface area contributed by atoms with Gasteiger partial charge in [0.25, 0.3) is 0 Å². The van der Waals surface area contributed by atoms with Crippen molar-refractivity contribution in [3.8, 4) is 0 Å². The van der Waals surface area contributed by atoms with Gasteiger partial charge in [0.2, 0.25) is 0 Å². The molecule has 0 saturated carbocycles. The molecule has 2 saturated heterocycles. The van der Waals surface area contributed by atoms with Crippen molar-refractivity contribution in [3.05, 3.63) is 115 Å². The number of fused-ring (bicyclic) bond motifs is 6. The van der Waals surface area contributed by atoms with Gasteiger partial charge in [-0.25, -0.2) is 0 Å². The molecule has 0 aliphatic carbocycles. The van der Waals surface area contributed by atoms with Crippen molar-refractivity contribution in [1.29, 1.82) is 0 Å². The molecule has 0 amide bonds. The summed E-state index contributed by atoms with van der Waals surface area (Å²) < 4.78 is 16.2. The largest absolute Gasteiger partial charge is 0.380 e. The van der Waals surface area contributed by atoms with Crippen LogP contribution in [0.4, 0.5) is 17.1 Å². The Labute approximate surface area is 263 Å². The lowest BCUT2D eigenvalue weighted by Gasteiger charge is -2.38. The summed E-state index contributed by atoms with van der Waals surface area (Å²) in [5.74, 6) is 0. The van der Waals surface area contributed by atoms with E-state index >= 15 is 0 Å². The summed E-state index contributed by atoms with van der Waals surface area (Å²) in [6.07, 6.45) is 0. The zero-order valence-corrected chi connectivity index (χ0v) is 25.9. The zero-order valence-electron chi connectivity index (χ0n) is 25.9. The van der Waals surface area contributed by atoms with E-state index in [0.717, 1.165) is 56.6 Å². The number of nitrogens with zero attached hydrogens (tertiary/aromatic N) is 3. The Kier molecular flexibility index (Phi) is 5.93. The SMILES string of the molecule is CC1(Cn2c3ccccc3c3cc(N(c4ccccc4)c4ccc5c(c4)c4ccccc4n5CC4(C)COC4)ccc32)COC1. The first-order valence-electron chi connectivity index (χ1n) is 16.0. The first kappa shape index (κ1) is 26.8. The average molecular weight is 592 g/mol. The van der Waals surface area contributed by atoms with Crippen LogP contribution in [0, 0.1) is 10.8 Å². The Hall–Kier alpha value is -4.58. The summed E-state index contributed by atoms with van der Waals surface area (Å²) in [6.45, 7) is 9.81.